The van der Waals surface area contributed by atoms with Gasteiger partial charge in [-0.2, -0.15) is 0 Å². The molecule has 0 aliphatic carbocycles. The third-order valence-electron chi connectivity index (χ3n) is 4.92. The molecule has 156 valence electrons. The molecule has 1 aromatic carbocycles. The molecule has 2 aromatic rings. The van der Waals surface area contributed by atoms with Crippen molar-refractivity contribution < 1.29 is 22.4 Å². The Morgan fingerprint density at radius 2 is 1.97 bits per heavy atom. The van der Waals surface area contributed by atoms with E-state index in [0.717, 1.165) is 0 Å². The summed E-state index contributed by atoms with van der Waals surface area (Å²) in [6.07, 6.45) is 2.58. The second-order valence-electron chi connectivity index (χ2n) is 6.71. The zero-order valence-electron chi connectivity index (χ0n) is 15.9. The van der Waals surface area contributed by atoms with E-state index in [1.165, 1.54) is 25.2 Å². The van der Waals surface area contributed by atoms with Crippen LogP contribution in [0.5, 0.6) is 0 Å². The molecule has 0 bridgehead atoms. The Bertz CT molecular complexity index is 983. The number of likely N-dealkylation sites (tertiary alicyclic amines) is 1. The van der Waals surface area contributed by atoms with E-state index in [1.807, 2.05) is 0 Å². The minimum absolute atomic E-state index is 0.0278. The van der Waals surface area contributed by atoms with Crippen LogP contribution in [0.25, 0.3) is 0 Å². The highest BCUT2D eigenvalue weighted by Gasteiger charge is 2.29. The maximum absolute atomic E-state index is 12.9. The van der Waals surface area contributed by atoms with Crippen molar-refractivity contribution in [2.24, 2.45) is 5.92 Å². The van der Waals surface area contributed by atoms with Gasteiger partial charge in [-0.3, -0.25) is 9.59 Å². The Balaban J connectivity index is 1.61. The number of nitrogens with one attached hydrogen (secondary N) is 2. The second-order valence-corrected chi connectivity index (χ2v) is 9.01. The molecule has 3 rings (SSSR count). The molecule has 0 radical (unpaired) electrons. The number of nitrogens with zero attached hydrogens (tertiary/aromatic N) is 1. The van der Waals surface area contributed by atoms with Gasteiger partial charge in [-0.05, 0) is 50.2 Å². The highest BCUT2D eigenvalue weighted by molar-refractivity contribution is 7.89. The molecule has 29 heavy (non-hydrogen) atoms. The van der Waals surface area contributed by atoms with E-state index in [-0.39, 0.29) is 33.2 Å². The molecule has 1 fully saturated rings. The monoisotopic (exact) mass is 439 g/mol. The number of carbonyl (C=O) groups is 2. The van der Waals surface area contributed by atoms with Gasteiger partial charge in [-0.1, -0.05) is 11.6 Å². The molecule has 0 atom stereocenters. The summed E-state index contributed by atoms with van der Waals surface area (Å²) in [6, 6.07) is 7.56. The first-order valence-electron chi connectivity index (χ1n) is 9.14. The van der Waals surface area contributed by atoms with Gasteiger partial charge < -0.3 is 14.6 Å². The van der Waals surface area contributed by atoms with E-state index < -0.39 is 10.0 Å². The topological polar surface area (TPSA) is 109 Å². The van der Waals surface area contributed by atoms with Crippen LogP contribution in [0.1, 0.15) is 29.0 Å². The summed E-state index contributed by atoms with van der Waals surface area (Å²) >= 11 is 6.14. The van der Waals surface area contributed by atoms with Gasteiger partial charge in [-0.15, -0.1) is 0 Å². The van der Waals surface area contributed by atoms with Crippen molar-refractivity contribution in [1.29, 1.82) is 0 Å². The number of hydrogen-bond acceptors (Lipinski definition) is 5. The summed E-state index contributed by atoms with van der Waals surface area (Å²) in [6.45, 7) is 1.10. The van der Waals surface area contributed by atoms with Gasteiger partial charge in [0.15, 0.2) is 0 Å². The number of carbonyl (C=O) groups excluding carboxylic acids is 2. The maximum atomic E-state index is 12.9. The van der Waals surface area contributed by atoms with Crippen LogP contribution < -0.4 is 10.0 Å². The Morgan fingerprint density at radius 3 is 2.59 bits per heavy atom. The maximum Gasteiger partial charge on any atom is 0.255 e. The first-order valence-corrected chi connectivity index (χ1v) is 11.0. The summed E-state index contributed by atoms with van der Waals surface area (Å²) in [5.41, 5.74) is 0.128. The molecule has 8 nitrogen and oxygen atoms in total. The highest BCUT2D eigenvalue weighted by Crippen LogP contribution is 2.25. The van der Waals surface area contributed by atoms with Gasteiger partial charge >= 0.3 is 0 Å². The van der Waals surface area contributed by atoms with E-state index in [0.29, 0.717) is 38.2 Å². The van der Waals surface area contributed by atoms with Crippen molar-refractivity contribution in [1.82, 2.24) is 14.9 Å². The number of rotatable bonds is 6. The van der Waals surface area contributed by atoms with E-state index in [2.05, 4.69) is 10.0 Å². The molecular formula is C19H22ClN3O5S. The molecule has 1 aliphatic heterocycles. The minimum Gasteiger partial charge on any atom is -0.467 e. The fourth-order valence-corrected chi connectivity index (χ4v) is 4.15. The number of benzene rings is 1. The van der Waals surface area contributed by atoms with Gasteiger partial charge in [0.2, 0.25) is 15.9 Å². The van der Waals surface area contributed by atoms with Crippen LogP contribution in [-0.2, 0) is 21.4 Å². The minimum atomic E-state index is -3.69. The molecule has 1 aliphatic rings. The van der Waals surface area contributed by atoms with Gasteiger partial charge in [0, 0.05) is 19.0 Å². The molecule has 10 heteroatoms. The Labute approximate surface area is 174 Å². The number of piperidine rings is 1. The summed E-state index contributed by atoms with van der Waals surface area (Å²) in [4.78, 5) is 26.8. The summed E-state index contributed by atoms with van der Waals surface area (Å²) in [7, 11) is -2.39. The second kappa shape index (κ2) is 8.98. The largest absolute Gasteiger partial charge is 0.467 e. The molecular weight excluding hydrogens is 418 g/mol. The molecule has 2 amide bonds. The van der Waals surface area contributed by atoms with Crippen LogP contribution in [0.15, 0.2) is 45.9 Å². The lowest BCUT2D eigenvalue weighted by atomic mass is 9.95. The normalized spacial score (nSPS) is 15.3. The summed E-state index contributed by atoms with van der Waals surface area (Å²) < 4.78 is 31.4. The molecule has 0 unspecified atom stereocenters. The van der Waals surface area contributed by atoms with Crippen molar-refractivity contribution in [2.45, 2.75) is 24.3 Å². The lowest BCUT2D eigenvalue weighted by molar-refractivity contribution is -0.126. The number of amides is 2. The average Bonchev–Trinajstić information content (AvgIpc) is 3.25. The molecule has 1 saturated heterocycles. The predicted molar refractivity (Wildman–Crippen MR) is 107 cm³/mol. The molecule has 2 N–H and O–H groups in total. The van der Waals surface area contributed by atoms with Gasteiger partial charge in [-0.25, -0.2) is 13.1 Å². The SMILES string of the molecule is CNS(=O)(=O)c1ccc(Cl)c(C(=O)N2CCC(C(=O)NCc3ccco3)CC2)c1. The Hall–Kier alpha value is -2.36. The molecule has 0 saturated carbocycles. The average molecular weight is 440 g/mol. The van der Waals surface area contributed by atoms with Crippen LogP contribution in [0, 0.1) is 5.92 Å². The van der Waals surface area contributed by atoms with Crippen molar-refractivity contribution in [3.05, 3.63) is 52.9 Å². The molecule has 1 aromatic heterocycles. The van der Waals surface area contributed by atoms with Crippen LogP contribution >= 0.6 is 11.6 Å². The quantitative estimate of drug-likeness (QED) is 0.715. The van der Waals surface area contributed by atoms with Crippen LogP contribution in [0.2, 0.25) is 5.02 Å². The van der Waals surface area contributed by atoms with E-state index in [4.69, 9.17) is 16.0 Å². The first-order chi connectivity index (χ1) is 13.8. The highest BCUT2D eigenvalue weighted by atomic mass is 35.5. The summed E-state index contributed by atoms with van der Waals surface area (Å²) in [5.74, 6) is 0.0590. The zero-order chi connectivity index (χ0) is 21.0. The van der Waals surface area contributed by atoms with Crippen molar-refractivity contribution >= 4 is 33.4 Å². The lowest BCUT2D eigenvalue weighted by Gasteiger charge is -2.31. The summed E-state index contributed by atoms with van der Waals surface area (Å²) in [5, 5.41) is 3.02. The predicted octanol–water partition coefficient (Wildman–Crippen LogP) is 2.01. The lowest BCUT2D eigenvalue weighted by Crippen LogP contribution is -2.43. The van der Waals surface area contributed by atoms with Gasteiger partial charge in [0.1, 0.15) is 5.76 Å². The van der Waals surface area contributed by atoms with E-state index in [1.54, 1.807) is 23.3 Å². The number of hydrogen-bond donors (Lipinski definition) is 2. The standard InChI is InChI=1S/C19H22ClN3O5S/c1-21-29(26,27)15-4-5-17(20)16(11-15)19(25)23-8-6-13(7-9-23)18(24)22-12-14-3-2-10-28-14/h2-5,10-11,13,21H,6-9,12H2,1H3,(H,22,24). The van der Waals surface area contributed by atoms with Crippen molar-refractivity contribution in [3.8, 4) is 0 Å². The van der Waals surface area contributed by atoms with E-state index in [9.17, 15) is 18.0 Å². The Kier molecular flexibility index (Phi) is 6.61. The zero-order valence-corrected chi connectivity index (χ0v) is 17.4. The number of furan rings is 1. The third kappa shape index (κ3) is 4.98. The van der Waals surface area contributed by atoms with E-state index >= 15 is 0 Å². The Morgan fingerprint density at radius 1 is 1.24 bits per heavy atom. The van der Waals surface area contributed by atoms with Crippen molar-refractivity contribution in [3.63, 3.8) is 0 Å². The fourth-order valence-electron chi connectivity index (χ4n) is 3.20. The fraction of sp³-hybridized carbons (Fsp3) is 0.368. The smallest absolute Gasteiger partial charge is 0.255 e. The molecule has 0 spiro atoms. The number of halogens is 1. The molecule has 2 heterocycles. The third-order valence-corrected chi connectivity index (χ3v) is 6.66. The number of sulfonamides is 1. The first kappa shape index (κ1) is 21.4. The van der Waals surface area contributed by atoms with Gasteiger partial charge in [0.25, 0.3) is 5.91 Å². The van der Waals surface area contributed by atoms with Gasteiger partial charge in [0.05, 0.1) is 28.3 Å². The van der Waals surface area contributed by atoms with Crippen molar-refractivity contribution in [2.75, 3.05) is 20.1 Å². The van der Waals surface area contributed by atoms with Crippen LogP contribution in [-0.4, -0.2) is 45.3 Å². The van der Waals surface area contributed by atoms with Crippen LogP contribution in [0.4, 0.5) is 0 Å². The van der Waals surface area contributed by atoms with Crippen LogP contribution in [0.3, 0.4) is 0 Å².